The third-order valence-electron chi connectivity index (χ3n) is 2.88. The highest BCUT2D eigenvalue weighted by Crippen LogP contribution is 2.26. The molecule has 0 aliphatic rings. The van der Waals surface area contributed by atoms with Crippen molar-refractivity contribution in [2.45, 2.75) is 26.7 Å². The first-order valence-corrected chi connectivity index (χ1v) is 7.00. The zero-order valence-electron chi connectivity index (χ0n) is 11.2. The van der Waals surface area contributed by atoms with Crippen molar-refractivity contribution in [1.82, 2.24) is 10.1 Å². The molecule has 0 aliphatic carbocycles. The molecule has 1 heterocycles. The largest absolute Gasteiger partial charge is 0.339 e. The third kappa shape index (κ3) is 3.58. The molecule has 0 aliphatic heterocycles. The summed E-state index contributed by atoms with van der Waals surface area (Å²) < 4.78 is 5.07. The summed E-state index contributed by atoms with van der Waals surface area (Å²) in [6.07, 6.45) is 0.527. The molecule has 1 aromatic carbocycles. The van der Waals surface area contributed by atoms with E-state index in [4.69, 9.17) is 27.7 Å². The van der Waals surface area contributed by atoms with Gasteiger partial charge < -0.3 is 4.52 Å². The zero-order chi connectivity index (χ0) is 14.7. The van der Waals surface area contributed by atoms with Crippen molar-refractivity contribution >= 4 is 29.0 Å². The molecule has 0 spiro atoms. The highest BCUT2D eigenvalue weighted by Gasteiger charge is 2.15. The van der Waals surface area contributed by atoms with Crippen LogP contribution in [0, 0.1) is 5.92 Å². The first-order valence-electron chi connectivity index (χ1n) is 6.24. The molecular formula is C14H14Cl2N2O2. The van der Waals surface area contributed by atoms with Crippen LogP contribution < -0.4 is 0 Å². The Kier molecular flexibility index (Phi) is 4.78. The van der Waals surface area contributed by atoms with Crippen LogP contribution in [0.3, 0.4) is 0 Å². The highest BCUT2D eigenvalue weighted by atomic mass is 35.5. The van der Waals surface area contributed by atoms with Gasteiger partial charge >= 0.3 is 0 Å². The van der Waals surface area contributed by atoms with Crippen molar-refractivity contribution < 1.29 is 9.32 Å². The Bertz CT molecular complexity index is 603. The highest BCUT2D eigenvalue weighted by molar-refractivity contribution is 6.36. The molecule has 20 heavy (non-hydrogen) atoms. The number of carbonyl (C=O) groups is 1. The van der Waals surface area contributed by atoms with E-state index in [0.717, 1.165) is 5.56 Å². The summed E-state index contributed by atoms with van der Waals surface area (Å²) in [5, 5.41) is 4.97. The first kappa shape index (κ1) is 15.0. The van der Waals surface area contributed by atoms with Gasteiger partial charge in [-0.3, -0.25) is 4.79 Å². The number of halogens is 2. The van der Waals surface area contributed by atoms with Crippen molar-refractivity contribution in [3.05, 3.63) is 45.5 Å². The molecule has 0 fully saturated rings. The maximum Gasteiger partial charge on any atom is 0.234 e. The van der Waals surface area contributed by atoms with E-state index in [2.05, 4.69) is 10.1 Å². The molecule has 0 radical (unpaired) electrons. The Morgan fingerprint density at radius 3 is 2.55 bits per heavy atom. The monoisotopic (exact) mass is 312 g/mol. The van der Waals surface area contributed by atoms with Gasteiger partial charge in [-0.15, -0.1) is 0 Å². The average Bonchev–Trinajstić information content (AvgIpc) is 2.81. The van der Waals surface area contributed by atoms with E-state index in [1.165, 1.54) is 0 Å². The molecule has 1 aromatic heterocycles. The molecule has 0 N–H and O–H groups in total. The molecule has 0 bridgehead atoms. The number of ketones is 1. The number of carbonyl (C=O) groups excluding carboxylic acids is 1. The zero-order valence-corrected chi connectivity index (χ0v) is 12.7. The van der Waals surface area contributed by atoms with Crippen LogP contribution in [-0.4, -0.2) is 15.9 Å². The maximum absolute atomic E-state index is 11.6. The SMILES string of the molecule is CC(C)C(=O)Cc1nc(Cc2c(Cl)cccc2Cl)no1. The van der Waals surface area contributed by atoms with Crippen LogP contribution in [-0.2, 0) is 17.6 Å². The molecular weight excluding hydrogens is 299 g/mol. The standard InChI is InChI=1S/C14H14Cl2N2O2/c1-8(2)12(19)7-14-17-13(18-20-14)6-9-10(15)4-3-5-11(9)16/h3-5,8H,6-7H2,1-2H3. The van der Waals surface area contributed by atoms with Crippen LogP contribution in [0.5, 0.6) is 0 Å². The second-order valence-electron chi connectivity index (χ2n) is 4.78. The predicted molar refractivity (Wildman–Crippen MR) is 77.1 cm³/mol. The maximum atomic E-state index is 11.6. The van der Waals surface area contributed by atoms with Gasteiger partial charge in [-0.25, -0.2) is 0 Å². The van der Waals surface area contributed by atoms with Gasteiger partial charge in [-0.2, -0.15) is 4.98 Å². The second-order valence-corrected chi connectivity index (χ2v) is 5.59. The van der Waals surface area contributed by atoms with Gasteiger partial charge in [0.2, 0.25) is 5.89 Å². The van der Waals surface area contributed by atoms with Crippen LogP contribution in [0.2, 0.25) is 10.0 Å². The Morgan fingerprint density at radius 2 is 1.95 bits per heavy atom. The smallest absolute Gasteiger partial charge is 0.234 e. The van der Waals surface area contributed by atoms with Crippen molar-refractivity contribution in [3.8, 4) is 0 Å². The van der Waals surface area contributed by atoms with E-state index in [9.17, 15) is 4.79 Å². The number of Topliss-reactive ketones (excluding diaryl/α,β-unsaturated/α-hetero) is 1. The molecule has 6 heteroatoms. The van der Waals surface area contributed by atoms with Crippen molar-refractivity contribution in [3.63, 3.8) is 0 Å². The molecule has 2 aromatic rings. The lowest BCUT2D eigenvalue weighted by Crippen LogP contribution is -2.10. The van der Waals surface area contributed by atoms with Gasteiger partial charge in [0.25, 0.3) is 0 Å². The first-order chi connectivity index (χ1) is 9.47. The summed E-state index contributed by atoms with van der Waals surface area (Å²) in [4.78, 5) is 15.8. The van der Waals surface area contributed by atoms with Crippen LogP contribution in [0.15, 0.2) is 22.7 Å². The normalized spacial score (nSPS) is 11.1. The number of benzene rings is 1. The molecule has 0 amide bonds. The summed E-state index contributed by atoms with van der Waals surface area (Å²) in [7, 11) is 0. The van der Waals surface area contributed by atoms with E-state index in [1.807, 2.05) is 13.8 Å². The lowest BCUT2D eigenvalue weighted by Gasteiger charge is -2.03. The number of aromatic nitrogens is 2. The summed E-state index contributed by atoms with van der Waals surface area (Å²) in [6, 6.07) is 5.29. The van der Waals surface area contributed by atoms with E-state index < -0.39 is 0 Å². The topological polar surface area (TPSA) is 56.0 Å². The van der Waals surface area contributed by atoms with Gasteiger partial charge in [0.05, 0.1) is 6.42 Å². The van der Waals surface area contributed by atoms with Gasteiger partial charge in [-0.1, -0.05) is 48.3 Å². The summed E-state index contributed by atoms with van der Waals surface area (Å²) >= 11 is 12.2. The molecule has 0 saturated heterocycles. The number of nitrogens with zero attached hydrogens (tertiary/aromatic N) is 2. The quantitative estimate of drug-likeness (QED) is 0.844. The molecule has 4 nitrogen and oxygen atoms in total. The van der Waals surface area contributed by atoms with Crippen molar-refractivity contribution in [1.29, 1.82) is 0 Å². The van der Waals surface area contributed by atoms with Gasteiger partial charge in [0.1, 0.15) is 5.78 Å². The number of hydrogen-bond acceptors (Lipinski definition) is 4. The van der Waals surface area contributed by atoms with Crippen LogP contribution in [0.4, 0.5) is 0 Å². The minimum atomic E-state index is -0.0524. The minimum absolute atomic E-state index is 0.0524. The number of hydrogen-bond donors (Lipinski definition) is 0. The Balaban J connectivity index is 2.12. The van der Waals surface area contributed by atoms with Crippen LogP contribution >= 0.6 is 23.2 Å². The van der Waals surface area contributed by atoms with E-state index >= 15 is 0 Å². The lowest BCUT2D eigenvalue weighted by atomic mass is 10.1. The van der Waals surface area contributed by atoms with Gasteiger partial charge in [0.15, 0.2) is 5.82 Å². The van der Waals surface area contributed by atoms with Crippen molar-refractivity contribution in [2.24, 2.45) is 5.92 Å². The fourth-order valence-corrected chi connectivity index (χ4v) is 2.18. The Morgan fingerprint density at radius 1 is 1.30 bits per heavy atom. The lowest BCUT2D eigenvalue weighted by molar-refractivity contribution is -0.121. The van der Waals surface area contributed by atoms with Crippen LogP contribution in [0.25, 0.3) is 0 Å². The molecule has 2 rings (SSSR count). The Labute approximate surface area is 127 Å². The minimum Gasteiger partial charge on any atom is -0.339 e. The Hall–Kier alpha value is -1.39. The summed E-state index contributed by atoms with van der Waals surface area (Å²) in [6.45, 7) is 3.67. The van der Waals surface area contributed by atoms with E-state index in [-0.39, 0.29) is 18.1 Å². The average molecular weight is 313 g/mol. The number of rotatable bonds is 5. The molecule has 106 valence electrons. The fraction of sp³-hybridized carbons (Fsp3) is 0.357. The fourth-order valence-electron chi connectivity index (χ4n) is 1.65. The summed E-state index contributed by atoms with van der Waals surface area (Å²) in [5.74, 6) is 0.799. The predicted octanol–water partition coefficient (Wildman–Crippen LogP) is 3.73. The van der Waals surface area contributed by atoms with E-state index in [1.54, 1.807) is 18.2 Å². The van der Waals surface area contributed by atoms with Crippen LogP contribution in [0.1, 0.15) is 31.1 Å². The van der Waals surface area contributed by atoms with Gasteiger partial charge in [0, 0.05) is 22.4 Å². The van der Waals surface area contributed by atoms with Crippen molar-refractivity contribution in [2.75, 3.05) is 0 Å². The van der Waals surface area contributed by atoms with Gasteiger partial charge in [-0.05, 0) is 17.7 Å². The second kappa shape index (κ2) is 6.37. The molecule has 0 atom stereocenters. The molecule has 0 saturated carbocycles. The molecule has 0 unspecified atom stereocenters. The van der Waals surface area contributed by atoms with E-state index in [0.29, 0.717) is 28.2 Å². The third-order valence-corrected chi connectivity index (χ3v) is 3.58. The summed E-state index contributed by atoms with van der Waals surface area (Å²) in [5.41, 5.74) is 0.748.